The maximum absolute atomic E-state index is 13.1. The van der Waals surface area contributed by atoms with Crippen LogP contribution in [-0.2, 0) is 11.2 Å². The summed E-state index contributed by atoms with van der Waals surface area (Å²) in [5.74, 6) is -0.647. The Balaban J connectivity index is 2.11. The molecule has 3 N–H and O–H groups in total. The summed E-state index contributed by atoms with van der Waals surface area (Å²) in [6.45, 7) is 5.14. The zero-order chi connectivity index (χ0) is 19.4. The second-order valence-electron chi connectivity index (χ2n) is 7.58. The molecule has 2 amide bonds. The number of carboxylic acids is 1. The molecule has 3 rings (SSSR count). The Hall–Kier alpha value is -2.67. The minimum absolute atomic E-state index is 0.115. The lowest BCUT2D eigenvalue weighted by Gasteiger charge is -2.42. The van der Waals surface area contributed by atoms with Crippen LogP contribution in [-0.4, -0.2) is 50.7 Å². The molecule has 3 atom stereocenters. The molecule has 0 bridgehead atoms. The van der Waals surface area contributed by atoms with Gasteiger partial charge in [-0.2, -0.15) is 0 Å². The number of H-pyrrole nitrogens is 1. The van der Waals surface area contributed by atoms with Crippen molar-refractivity contribution in [1.82, 2.24) is 15.3 Å². The molecule has 0 spiro atoms. The summed E-state index contributed by atoms with van der Waals surface area (Å²) in [6.07, 6.45) is 4.11. The van der Waals surface area contributed by atoms with E-state index in [2.05, 4.69) is 29.1 Å². The first-order valence-electron chi connectivity index (χ1n) is 9.36. The van der Waals surface area contributed by atoms with Crippen molar-refractivity contribution in [2.75, 3.05) is 13.1 Å². The normalized spacial score (nSPS) is 21.8. The maximum atomic E-state index is 13.1. The lowest BCUT2D eigenvalue weighted by Crippen LogP contribution is -2.63. The molecular formula is C20H27N4O3+. The van der Waals surface area contributed by atoms with Gasteiger partial charge in [-0.3, -0.25) is 5.32 Å². The van der Waals surface area contributed by atoms with E-state index in [1.807, 2.05) is 30.3 Å². The van der Waals surface area contributed by atoms with Gasteiger partial charge in [0, 0.05) is 23.9 Å². The van der Waals surface area contributed by atoms with Crippen molar-refractivity contribution in [3.63, 3.8) is 0 Å². The zero-order valence-electron chi connectivity index (χ0n) is 15.8. The zero-order valence-corrected chi connectivity index (χ0v) is 15.8. The van der Waals surface area contributed by atoms with Crippen LogP contribution in [0.25, 0.3) is 0 Å². The Labute approximate surface area is 159 Å². The van der Waals surface area contributed by atoms with Gasteiger partial charge in [-0.15, -0.1) is 0 Å². The Morgan fingerprint density at radius 1 is 1.30 bits per heavy atom. The SMILES string of the molecule is CC(C)C[C@@H](c1ccccc1)[N+]1([C@@H](Cc2cnc[nH]2)C(=O)O)CCNC1=O. The van der Waals surface area contributed by atoms with Crippen LogP contribution < -0.4 is 5.32 Å². The third kappa shape index (κ3) is 3.73. The van der Waals surface area contributed by atoms with Gasteiger partial charge in [0.25, 0.3) is 0 Å². The van der Waals surface area contributed by atoms with E-state index >= 15 is 0 Å². The Kier molecular flexibility index (Phi) is 5.60. The highest BCUT2D eigenvalue weighted by Crippen LogP contribution is 2.39. The molecule has 7 nitrogen and oxygen atoms in total. The first-order chi connectivity index (χ1) is 12.9. The van der Waals surface area contributed by atoms with Crippen molar-refractivity contribution in [1.29, 1.82) is 0 Å². The van der Waals surface area contributed by atoms with E-state index in [0.29, 0.717) is 19.0 Å². The molecule has 144 valence electrons. The molecule has 1 aromatic heterocycles. The van der Waals surface area contributed by atoms with Gasteiger partial charge in [-0.1, -0.05) is 44.2 Å². The fourth-order valence-electron chi connectivity index (χ4n) is 4.17. The number of nitrogens with zero attached hydrogens (tertiary/aromatic N) is 2. The highest BCUT2D eigenvalue weighted by atomic mass is 16.4. The number of carbonyl (C=O) groups excluding carboxylic acids is 1. The maximum Gasteiger partial charge on any atom is 0.418 e. The van der Waals surface area contributed by atoms with Crippen LogP contribution in [0.4, 0.5) is 4.79 Å². The third-order valence-corrected chi connectivity index (χ3v) is 5.38. The molecule has 27 heavy (non-hydrogen) atoms. The van der Waals surface area contributed by atoms with Crippen molar-refractivity contribution in [2.45, 2.75) is 38.8 Å². The van der Waals surface area contributed by atoms with Crippen LogP contribution in [0.2, 0.25) is 0 Å². The number of carbonyl (C=O) groups is 2. The van der Waals surface area contributed by atoms with Crippen molar-refractivity contribution < 1.29 is 19.2 Å². The Morgan fingerprint density at radius 2 is 2.04 bits per heavy atom. The van der Waals surface area contributed by atoms with Crippen LogP contribution in [0.5, 0.6) is 0 Å². The minimum Gasteiger partial charge on any atom is -0.477 e. The number of aromatic nitrogens is 2. The van der Waals surface area contributed by atoms with Crippen LogP contribution in [0.1, 0.15) is 37.6 Å². The van der Waals surface area contributed by atoms with Crippen molar-refractivity contribution in [3.05, 3.63) is 54.1 Å². The number of quaternary nitrogens is 1. The Bertz CT molecular complexity index is 776. The van der Waals surface area contributed by atoms with Gasteiger partial charge in [0.05, 0.1) is 19.3 Å². The first-order valence-corrected chi connectivity index (χ1v) is 9.36. The van der Waals surface area contributed by atoms with E-state index in [4.69, 9.17) is 0 Å². The number of benzene rings is 1. The number of hydrogen-bond donors (Lipinski definition) is 3. The largest absolute Gasteiger partial charge is 0.477 e. The minimum atomic E-state index is -0.966. The first kappa shape index (κ1) is 19.1. The summed E-state index contributed by atoms with van der Waals surface area (Å²) in [4.78, 5) is 32.5. The molecule has 1 aliphatic heterocycles. The van der Waals surface area contributed by atoms with Gasteiger partial charge in [0.1, 0.15) is 12.6 Å². The molecule has 7 heteroatoms. The van der Waals surface area contributed by atoms with Crippen LogP contribution >= 0.6 is 0 Å². The monoisotopic (exact) mass is 371 g/mol. The lowest BCUT2D eigenvalue weighted by atomic mass is 9.90. The lowest BCUT2D eigenvalue weighted by molar-refractivity contribution is -0.890. The summed E-state index contributed by atoms with van der Waals surface area (Å²) in [5, 5.41) is 13.0. The van der Waals surface area contributed by atoms with E-state index in [1.54, 1.807) is 6.20 Å². The van der Waals surface area contributed by atoms with Gasteiger partial charge in [0.2, 0.25) is 6.04 Å². The number of aromatic amines is 1. The molecule has 2 heterocycles. The highest BCUT2D eigenvalue weighted by Gasteiger charge is 2.56. The molecule has 1 aromatic carbocycles. The molecule has 1 fully saturated rings. The summed E-state index contributed by atoms with van der Waals surface area (Å²) < 4.78 is -0.115. The van der Waals surface area contributed by atoms with Crippen LogP contribution in [0, 0.1) is 5.92 Å². The summed E-state index contributed by atoms with van der Waals surface area (Å²) >= 11 is 0. The quantitative estimate of drug-likeness (QED) is 0.622. The fourth-order valence-corrected chi connectivity index (χ4v) is 4.17. The summed E-state index contributed by atoms with van der Waals surface area (Å²) in [5.41, 5.74) is 1.72. The van der Waals surface area contributed by atoms with Crippen molar-refractivity contribution in [3.8, 4) is 0 Å². The topological polar surface area (TPSA) is 95.1 Å². The highest BCUT2D eigenvalue weighted by molar-refractivity contribution is 5.78. The smallest absolute Gasteiger partial charge is 0.418 e. The standard InChI is InChI=1S/C20H26N4O3/c1-14(2)10-17(15-6-4-3-5-7-15)24(9-8-22-20(24)27)18(19(25)26)11-16-12-21-13-23-16/h3-7,12-14,17-18H,8-11H2,1-2H3,(H2-,21,22,23,25,26,27)/p+1/t17-,18-,24?/m0/s1. The van der Waals surface area contributed by atoms with Gasteiger partial charge < -0.3 is 10.1 Å². The predicted octanol–water partition coefficient (Wildman–Crippen LogP) is 2.73. The molecule has 0 aliphatic carbocycles. The third-order valence-electron chi connectivity index (χ3n) is 5.38. The fraction of sp³-hybridized carbons (Fsp3) is 0.450. The average Bonchev–Trinajstić information content (AvgIpc) is 3.28. The number of carboxylic acid groups (broad SMARTS) is 1. The van der Waals surface area contributed by atoms with Crippen molar-refractivity contribution >= 4 is 12.0 Å². The van der Waals surface area contributed by atoms with Crippen LogP contribution in [0.3, 0.4) is 0 Å². The van der Waals surface area contributed by atoms with Gasteiger partial charge in [0.15, 0.2) is 0 Å². The number of aliphatic carboxylic acids is 1. The van der Waals surface area contributed by atoms with E-state index < -0.39 is 12.0 Å². The Morgan fingerprint density at radius 3 is 2.56 bits per heavy atom. The number of amides is 2. The van der Waals surface area contributed by atoms with Crippen molar-refractivity contribution in [2.24, 2.45) is 5.92 Å². The molecule has 1 saturated heterocycles. The van der Waals surface area contributed by atoms with Gasteiger partial charge >= 0.3 is 12.0 Å². The molecule has 0 radical (unpaired) electrons. The second kappa shape index (κ2) is 7.92. The molecule has 1 aliphatic rings. The molecule has 0 saturated carbocycles. The number of urea groups is 1. The molecule has 1 unspecified atom stereocenters. The molecular weight excluding hydrogens is 344 g/mol. The number of hydrogen-bond acceptors (Lipinski definition) is 3. The van der Waals surface area contributed by atoms with E-state index in [0.717, 1.165) is 17.7 Å². The summed E-state index contributed by atoms with van der Waals surface area (Å²) in [7, 11) is 0. The summed E-state index contributed by atoms with van der Waals surface area (Å²) in [6, 6.07) is 8.48. The van der Waals surface area contributed by atoms with Gasteiger partial charge in [-0.25, -0.2) is 19.1 Å². The van der Waals surface area contributed by atoms with E-state index in [1.165, 1.54) is 6.33 Å². The van der Waals surface area contributed by atoms with Gasteiger partial charge in [-0.05, 0) is 5.92 Å². The average molecular weight is 371 g/mol. The van der Waals surface area contributed by atoms with E-state index in [-0.39, 0.29) is 23.0 Å². The molecule has 2 aromatic rings. The number of nitrogens with one attached hydrogen (secondary N) is 2. The number of rotatable bonds is 8. The number of imidazole rings is 1. The second-order valence-corrected chi connectivity index (χ2v) is 7.58. The predicted molar refractivity (Wildman–Crippen MR) is 101 cm³/mol. The van der Waals surface area contributed by atoms with Crippen LogP contribution in [0.15, 0.2) is 42.9 Å². The van der Waals surface area contributed by atoms with E-state index in [9.17, 15) is 14.7 Å².